The van der Waals surface area contributed by atoms with E-state index in [1.165, 1.54) is 0 Å². The van der Waals surface area contributed by atoms with E-state index in [0.29, 0.717) is 5.92 Å². The summed E-state index contributed by atoms with van der Waals surface area (Å²) < 4.78 is 0. The molecule has 4 nitrogen and oxygen atoms in total. The highest BCUT2D eigenvalue weighted by atomic mass is 32.1. The topological polar surface area (TPSA) is 58.2 Å². The summed E-state index contributed by atoms with van der Waals surface area (Å²) in [6.07, 6.45) is 0.898. The zero-order valence-electron chi connectivity index (χ0n) is 9.66. The van der Waals surface area contributed by atoms with E-state index in [2.05, 4.69) is 17.6 Å². The molecule has 88 valence electrons. The van der Waals surface area contributed by atoms with E-state index in [1.54, 1.807) is 0 Å². The highest BCUT2D eigenvalue weighted by Crippen LogP contribution is 2.51. The SMILES string of the molecule is CC1CC(C)C2(C(=O)NC(=S)NC2=O)C1C. The molecule has 2 amide bonds. The lowest BCUT2D eigenvalue weighted by atomic mass is 9.70. The van der Waals surface area contributed by atoms with Gasteiger partial charge in [0.05, 0.1) is 0 Å². The molecule has 0 aromatic heterocycles. The number of amides is 2. The Balaban J connectivity index is 2.46. The van der Waals surface area contributed by atoms with Crippen LogP contribution in [-0.4, -0.2) is 16.9 Å². The Kier molecular flexibility index (Phi) is 2.53. The van der Waals surface area contributed by atoms with Gasteiger partial charge in [0.1, 0.15) is 5.41 Å². The van der Waals surface area contributed by atoms with Crippen LogP contribution in [0.3, 0.4) is 0 Å². The monoisotopic (exact) mass is 240 g/mol. The van der Waals surface area contributed by atoms with Gasteiger partial charge in [0.25, 0.3) is 0 Å². The first-order valence-corrected chi connectivity index (χ1v) is 5.98. The molecule has 1 heterocycles. The van der Waals surface area contributed by atoms with Crippen molar-refractivity contribution in [3.8, 4) is 0 Å². The van der Waals surface area contributed by atoms with Crippen LogP contribution in [0.2, 0.25) is 0 Å². The number of rotatable bonds is 0. The van der Waals surface area contributed by atoms with Gasteiger partial charge in [0.15, 0.2) is 5.11 Å². The maximum Gasteiger partial charge on any atom is 0.242 e. The summed E-state index contributed by atoms with van der Waals surface area (Å²) in [6.45, 7) is 6.03. The second-order valence-electron chi connectivity index (χ2n) is 5.01. The van der Waals surface area contributed by atoms with Gasteiger partial charge in [0.2, 0.25) is 11.8 Å². The van der Waals surface area contributed by atoms with E-state index < -0.39 is 5.41 Å². The number of carbonyl (C=O) groups is 2. The van der Waals surface area contributed by atoms with Gasteiger partial charge in [-0.1, -0.05) is 20.8 Å². The molecule has 0 radical (unpaired) electrons. The normalized spacial score (nSPS) is 37.4. The minimum atomic E-state index is -0.929. The largest absolute Gasteiger partial charge is 0.302 e. The molecule has 3 unspecified atom stereocenters. The van der Waals surface area contributed by atoms with Gasteiger partial charge >= 0.3 is 0 Å². The maximum atomic E-state index is 12.1. The molecule has 2 aliphatic rings. The first-order valence-electron chi connectivity index (χ1n) is 5.57. The Labute approximate surface area is 100 Å². The van der Waals surface area contributed by atoms with E-state index in [4.69, 9.17) is 12.2 Å². The van der Waals surface area contributed by atoms with Crippen LogP contribution < -0.4 is 10.6 Å². The van der Waals surface area contributed by atoms with Crippen LogP contribution in [0.15, 0.2) is 0 Å². The first kappa shape index (κ1) is 11.5. The van der Waals surface area contributed by atoms with Crippen LogP contribution in [0, 0.1) is 23.2 Å². The van der Waals surface area contributed by atoms with Crippen molar-refractivity contribution in [2.75, 3.05) is 0 Å². The molecular weight excluding hydrogens is 224 g/mol. The van der Waals surface area contributed by atoms with Gasteiger partial charge < -0.3 is 10.6 Å². The number of nitrogens with one attached hydrogen (secondary N) is 2. The Bertz CT molecular complexity index is 360. The molecule has 3 atom stereocenters. The molecule has 1 aliphatic carbocycles. The zero-order valence-corrected chi connectivity index (χ0v) is 10.5. The molecule has 1 spiro atoms. The average molecular weight is 240 g/mol. The molecule has 2 fully saturated rings. The summed E-state index contributed by atoms with van der Waals surface area (Å²) in [5.41, 5.74) is -0.929. The second kappa shape index (κ2) is 3.52. The number of carbonyl (C=O) groups excluding carboxylic acids is 2. The number of hydrogen-bond donors (Lipinski definition) is 2. The fourth-order valence-electron chi connectivity index (χ4n) is 3.25. The summed E-state index contributed by atoms with van der Waals surface area (Å²) in [6, 6.07) is 0. The van der Waals surface area contributed by atoms with Crippen LogP contribution in [0.4, 0.5) is 0 Å². The molecule has 0 bridgehead atoms. The summed E-state index contributed by atoms with van der Waals surface area (Å²) in [5.74, 6) is 0.0144. The first-order chi connectivity index (χ1) is 7.40. The van der Waals surface area contributed by atoms with Crippen molar-refractivity contribution in [1.29, 1.82) is 0 Å². The van der Waals surface area contributed by atoms with E-state index in [9.17, 15) is 9.59 Å². The minimum Gasteiger partial charge on any atom is -0.302 e. The van der Waals surface area contributed by atoms with Gasteiger partial charge in [-0.05, 0) is 36.4 Å². The molecule has 1 saturated heterocycles. The third kappa shape index (κ3) is 1.24. The van der Waals surface area contributed by atoms with Crippen molar-refractivity contribution in [1.82, 2.24) is 10.6 Å². The minimum absolute atomic E-state index is 0.0469. The van der Waals surface area contributed by atoms with Crippen molar-refractivity contribution in [3.63, 3.8) is 0 Å². The zero-order chi connectivity index (χ0) is 12.1. The van der Waals surface area contributed by atoms with Gasteiger partial charge in [-0.25, -0.2) is 0 Å². The Hall–Kier alpha value is -0.970. The molecule has 16 heavy (non-hydrogen) atoms. The lowest BCUT2D eigenvalue weighted by molar-refractivity contribution is -0.149. The van der Waals surface area contributed by atoms with Gasteiger partial charge in [-0.15, -0.1) is 0 Å². The van der Waals surface area contributed by atoms with Crippen molar-refractivity contribution in [2.24, 2.45) is 23.2 Å². The smallest absolute Gasteiger partial charge is 0.242 e. The van der Waals surface area contributed by atoms with Crippen molar-refractivity contribution in [2.45, 2.75) is 27.2 Å². The number of hydrogen-bond acceptors (Lipinski definition) is 3. The lowest BCUT2D eigenvalue weighted by Gasteiger charge is -2.38. The summed E-state index contributed by atoms with van der Waals surface area (Å²) in [7, 11) is 0. The summed E-state index contributed by atoms with van der Waals surface area (Å²) in [4.78, 5) is 24.3. The van der Waals surface area contributed by atoms with Gasteiger partial charge in [0, 0.05) is 0 Å². The van der Waals surface area contributed by atoms with E-state index in [-0.39, 0.29) is 28.8 Å². The summed E-state index contributed by atoms with van der Waals surface area (Å²) >= 11 is 4.82. The Morgan fingerprint density at radius 3 is 2.06 bits per heavy atom. The molecule has 1 aliphatic heterocycles. The lowest BCUT2D eigenvalue weighted by Crippen LogP contribution is -2.65. The van der Waals surface area contributed by atoms with E-state index in [1.807, 2.05) is 13.8 Å². The van der Waals surface area contributed by atoms with Crippen LogP contribution in [0.25, 0.3) is 0 Å². The Morgan fingerprint density at radius 2 is 1.69 bits per heavy atom. The van der Waals surface area contributed by atoms with E-state index >= 15 is 0 Å². The average Bonchev–Trinajstić information content (AvgIpc) is 2.36. The highest BCUT2D eigenvalue weighted by Gasteiger charge is 2.61. The van der Waals surface area contributed by atoms with Gasteiger partial charge in [-0.3, -0.25) is 9.59 Å². The predicted molar refractivity (Wildman–Crippen MR) is 63.4 cm³/mol. The molecule has 0 aromatic carbocycles. The van der Waals surface area contributed by atoms with Crippen molar-refractivity contribution >= 4 is 29.1 Å². The van der Waals surface area contributed by atoms with Crippen LogP contribution in [0.5, 0.6) is 0 Å². The molecule has 1 saturated carbocycles. The van der Waals surface area contributed by atoms with Crippen molar-refractivity contribution < 1.29 is 9.59 Å². The van der Waals surface area contributed by atoms with Crippen LogP contribution >= 0.6 is 12.2 Å². The third-order valence-electron chi connectivity index (χ3n) is 4.28. The number of thiocarbonyl (C=S) groups is 1. The molecule has 2 N–H and O–H groups in total. The Morgan fingerprint density at radius 1 is 1.19 bits per heavy atom. The van der Waals surface area contributed by atoms with E-state index in [0.717, 1.165) is 6.42 Å². The molecule has 0 aromatic rings. The van der Waals surface area contributed by atoms with Gasteiger partial charge in [-0.2, -0.15) is 0 Å². The summed E-state index contributed by atoms with van der Waals surface area (Å²) in [5, 5.41) is 5.29. The predicted octanol–water partition coefficient (Wildman–Crippen LogP) is 0.816. The quantitative estimate of drug-likeness (QED) is 0.487. The standard InChI is InChI=1S/C11H16N2O2S/c1-5-4-6(2)11(7(5)3)8(14)12-10(16)13-9(11)15/h5-7H,4H2,1-3H3,(H2,12,13,14,15,16). The molecular formula is C11H16N2O2S. The second-order valence-corrected chi connectivity index (χ2v) is 5.42. The van der Waals surface area contributed by atoms with Crippen LogP contribution in [0.1, 0.15) is 27.2 Å². The fraction of sp³-hybridized carbons (Fsp3) is 0.727. The molecule has 5 heteroatoms. The third-order valence-corrected chi connectivity index (χ3v) is 4.48. The highest BCUT2D eigenvalue weighted by molar-refractivity contribution is 7.80. The van der Waals surface area contributed by atoms with Crippen molar-refractivity contribution in [3.05, 3.63) is 0 Å². The van der Waals surface area contributed by atoms with Crippen LogP contribution in [-0.2, 0) is 9.59 Å². The fourth-order valence-corrected chi connectivity index (χ4v) is 3.44. The molecule has 2 rings (SSSR count). The maximum absolute atomic E-state index is 12.1.